The van der Waals surface area contributed by atoms with Gasteiger partial charge in [-0.2, -0.15) is 0 Å². The molecule has 0 amide bonds. The van der Waals surface area contributed by atoms with Crippen molar-refractivity contribution in [3.63, 3.8) is 0 Å². The Labute approximate surface area is 262 Å². The molecule has 0 saturated heterocycles. The molecule has 6 aromatic heterocycles. The summed E-state index contributed by atoms with van der Waals surface area (Å²) in [4.78, 5) is 27.4. The quantitative estimate of drug-likeness (QED) is 0.106. The molecule has 0 atom stereocenters. The van der Waals surface area contributed by atoms with Crippen molar-refractivity contribution in [2.75, 3.05) is 35.6 Å². The van der Waals surface area contributed by atoms with E-state index in [1.165, 1.54) is 0 Å². The Balaban J connectivity index is 1.02. The van der Waals surface area contributed by atoms with Gasteiger partial charge in [0, 0.05) is 54.4 Å². The van der Waals surface area contributed by atoms with Crippen LogP contribution in [0.25, 0.3) is 34.2 Å². The first-order valence-corrected chi connectivity index (χ1v) is 16.8. The molecule has 0 aliphatic carbocycles. The van der Waals surface area contributed by atoms with Gasteiger partial charge in [-0.05, 0) is 61.6 Å². The van der Waals surface area contributed by atoms with Crippen molar-refractivity contribution in [1.82, 2.24) is 29.9 Å². The van der Waals surface area contributed by atoms with Crippen molar-refractivity contribution in [3.8, 4) is 34.2 Å². The molecule has 6 heterocycles. The molecule has 0 spiro atoms. The predicted octanol–water partition coefficient (Wildman–Crippen LogP) is 7.66. The molecule has 6 aromatic rings. The van der Waals surface area contributed by atoms with Gasteiger partial charge in [-0.3, -0.25) is 15.0 Å². The maximum absolute atomic E-state index is 4.73. The maximum Gasteiger partial charge on any atom is 0.183 e. The summed E-state index contributed by atoms with van der Waals surface area (Å²) in [7, 11) is 0. The Morgan fingerprint density at radius 1 is 0.465 bits per heavy atom. The van der Waals surface area contributed by atoms with Crippen molar-refractivity contribution >= 4 is 49.4 Å². The fourth-order valence-electron chi connectivity index (χ4n) is 4.54. The van der Waals surface area contributed by atoms with Crippen LogP contribution in [0.15, 0.2) is 89.3 Å². The second-order valence-corrected chi connectivity index (χ2v) is 12.3. The lowest BCUT2D eigenvalue weighted by atomic mass is 9.97. The van der Waals surface area contributed by atoms with E-state index < -0.39 is 0 Å². The summed E-state index contributed by atoms with van der Waals surface area (Å²) >= 11 is 4.85. The first kappa shape index (κ1) is 28.8. The molecule has 0 aliphatic rings. The summed E-state index contributed by atoms with van der Waals surface area (Å²) in [5.74, 6) is 0.494. The van der Waals surface area contributed by atoms with E-state index in [0.717, 1.165) is 88.5 Å². The zero-order valence-electron chi connectivity index (χ0n) is 23.4. The average molecular weight is 626 g/mol. The van der Waals surface area contributed by atoms with Gasteiger partial charge in [-0.1, -0.05) is 18.2 Å². The first-order valence-electron chi connectivity index (χ1n) is 14.1. The monoisotopic (exact) mass is 625 g/mol. The Bertz CT molecular complexity index is 1470. The van der Waals surface area contributed by atoms with Gasteiger partial charge in [0.2, 0.25) is 0 Å². The first-order chi connectivity index (χ1) is 21.3. The van der Waals surface area contributed by atoms with Crippen molar-refractivity contribution in [1.29, 1.82) is 0 Å². The maximum atomic E-state index is 4.73. The lowest BCUT2D eigenvalue weighted by molar-refractivity contribution is 0.451. The molecule has 218 valence electrons. The fourth-order valence-corrected chi connectivity index (χ4v) is 6.74. The van der Waals surface area contributed by atoms with Crippen LogP contribution in [0.2, 0.25) is 0 Å². The third-order valence-corrected chi connectivity index (χ3v) is 9.18. The highest BCUT2D eigenvalue weighted by Gasteiger charge is 2.13. The number of hydrogen-bond donors (Lipinski definition) is 3. The number of anilines is 3. The Morgan fingerprint density at radius 3 is 1.12 bits per heavy atom. The molecule has 3 N–H and O–H groups in total. The largest absolute Gasteiger partial charge is 0.361 e. The van der Waals surface area contributed by atoms with Crippen LogP contribution in [0.1, 0.15) is 19.3 Å². The highest BCUT2D eigenvalue weighted by atomic mass is 32.1. The van der Waals surface area contributed by atoms with Crippen molar-refractivity contribution < 1.29 is 0 Å². The van der Waals surface area contributed by atoms with Gasteiger partial charge < -0.3 is 16.0 Å². The summed E-state index contributed by atoms with van der Waals surface area (Å²) in [5.41, 5.74) is 5.39. The third kappa shape index (κ3) is 8.19. The molecule has 0 fully saturated rings. The van der Waals surface area contributed by atoms with Gasteiger partial charge in [-0.25, -0.2) is 15.0 Å². The van der Waals surface area contributed by atoms with Crippen LogP contribution in [-0.4, -0.2) is 49.5 Å². The minimum atomic E-state index is 0.494. The van der Waals surface area contributed by atoms with Crippen molar-refractivity contribution in [2.24, 2.45) is 5.92 Å². The summed E-state index contributed by atoms with van der Waals surface area (Å²) in [6, 6.07) is 17.7. The van der Waals surface area contributed by atoms with Gasteiger partial charge in [0.15, 0.2) is 15.4 Å². The minimum Gasteiger partial charge on any atom is -0.361 e. The van der Waals surface area contributed by atoms with Gasteiger partial charge in [0.05, 0.1) is 17.1 Å². The van der Waals surface area contributed by atoms with E-state index in [1.54, 1.807) is 52.6 Å². The fraction of sp³-hybridized carbons (Fsp3) is 0.226. The van der Waals surface area contributed by atoms with Crippen molar-refractivity contribution in [3.05, 3.63) is 89.3 Å². The van der Waals surface area contributed by atoms with Gasteiger partial charge >= 0.3 is 0 Å². The summed E-state index contributed by atoms with van der Waals surface area (Å²) in [6.07, 6.45) is 8.46. The van der Waals surface area contributed by atoms with E-state index in [2.05, 4.69) is 47.0 Å². The highest BCUT2D eigenvalue weighted by molar-refractivity contribution is 7.14. The molecular weight excluding hydrogens is 595 g/mol. The molecule has 6 rings (SSSR count). The second-order valence-electron chi connectivity index (χ2n) is 9.77. The lowest BCUT2D eigenvalue weighted by Crippen LogP contribution is -2.17. The normalized spacial score (nSPS) is 11.1. The summed E-state index contributed by atoms with van der Waals surface area (Å²) in [5, 5.41) is 19.5. The molecule has 0 unspecified atom stereocenters. The predicted molar refractivity (Wildman–Crippen MR) is 179 cm³/mol. The van der Waals surface area contributed by atoms with Gasteiger partial charge in [0.1, 0.15) is 17.1 Å². The van der Waals surface area contributed by atoms with Crippen LogP contribution in [0.3, 0.4) is 0 Å². The number of nitrogens with zero attached hydrogens (tertiary/aromatic N) is 6. The van der Waals surface area contributed by atoms with Gasteiger partial charge in [0.25, 0.3) is 0 Å². The lowest BCUT2D eigenvalue weighted by Gasteiger charge is -2.17. The van der Waals surface area contributed by atoms with E-state index >= 15 is 0 Å². The van der Waals surface area contributed by atoms with E-state index in [9.17, 15) is 0 Å². The third-order valence-electron chi connectivity index (χ3n) is 6.78. The van der Waals surface area contributed by atoms with Gasteiger partial charge in [-0.15, -0.1) is 34.0 Å². The van der Waals surface area contributed by atoms with Crippen LogP contribution >= 0.6 is 34.0 Å². The number of hydrogen-bond acceptors (Lipinski definition) is 12. The van der Waals surface area contributed by atoms with E-state index in [0.29, 0.717) is 5.92 Å². The molecule has 0 bridgehead atoms. The van der Waals surface area contributed by atoms with Crippen LogP contribution in [0, 0.1) is 5.92 Å². The Morgan fingerprint density at radius 2 is 0.814 bits per heavy atom. The molecule has 0 aliphatic heterocycles. The number of nitrogens with one attached hydrogen (secondary N) is 3. The second kappa shape index (κ2) is 14.8. The number of thiazole rings is 3. The summed E-state index contributed by atoms with van der Waals surface area (Å²) in [6.45, 7) is 2.55. The SMILES string of the molecule is c1ccc(-c2csc(NCCC(CCNc3nc(-c4ccccn4)cs3)CCNc3nc(-c4ccccn4)cs3)n2)nc1. The number of aromatic nitrogens is 6. The number of rotatable bonds is 15. The molecular formula is C31H31N9S3. The smallest absolute Gasteiger partial charge is 0.183 e. The molecule has 0 saturated carbocycles. The zero-order chi connectivity index (χ0) is 29.1. The van der Waals surface area contributed by atoms with E-state index in [1.807, 2.05) is 54.6 Å². The van der Waals surface area contributed by atoms with Crippen LogP contribution in [0.5, 0.6) is 0 Å². The zero-order valence-corrected chi connectivity index (χ0v) is 25.8. The Kier molecular flexibility index (Phi) is 9.90. The van der Waals surface area contributed by atoms with Crippen LogP contribution in [0.4, 0.5) is 15.4 Å². The molecule has 9 nitrogen and oxygen atoms in total. The number of pyridine rings is 3. The molecule has 12 heteroatoms. The topological polar surface area (TPSA) is 113 Å². The Hall–Kier alpha value is -4.26. The standard InChI is InChI=1S/C31H31N9S3/c1-4-13-32-23(7-1)26-19-41-29(38-26)35-16-10-22(11-17-36-30-39-27(20-42-30)24-8-2-5-14-33-24)12-18-37-31-40-28(21-43-31)25-9-3-6-15-34-25/h1-9,13-15,19-22H,10-12,16-18H2,(H,35,38)(H,36,39)(H,37,40). The highest BCUT2D eigenvalue weighted by Crippen LogP contribution is 2.26. The van der Waals surface area contributed by atoms with E-state index in [-0.39, 0.29) is 0 Å². The molecule has 0 radical (unpaired) electrons. The van der Waals surface area contributed by atoms with E-state index in [4.69, 9.17) is 15.0 Å². The van der Waals surface area contributed by atoms with Crippen molar-refractivity contribution in [2.45, 2.75) is 19.3 Å². The minimum absolute atomic E-state index is 0.494. The molecule has 0 aromatic carbocycles. The van der Waals surface area contributed by atoms with Crippen LogP contribution < -0.4 is 16.0 Å². The summed E-state index contributed by atoms with van der Waals surface area (Å²) < 4.78 is 0. The van der Waals surface area contributed by atoms with Crippen LogP contribution in [-0.2, 0) is 0 Å². The molecule has 43 heavy (non-hydrogen) atoms. The average Bonchev–Trinajstić information content (AvgIpc) is 3.84.